The van der Waals surface area contributed by atoms with Gasteiger partial charge in [-0.15, -0.1) is 0 Å². The molecule has 0 bridgehead atoms. The van der Waals surface area contributed by atoms with E-state index in [1.165, 1.54) is 24.0 Å². The van der Waals surface area contributed by atoms with Gasteiger partial charge in [-0.05, 0) is 23.6 Å². The van der Waals surface area contributed by atoms with Crippen molar-refractivity contribution in [2.75, 3.05) is 20.6 Å². The van der Waals surface area contributed by atoms with Crippen LogP contribution in [-0.4, -0.2) is 41.3 Å². The summed E-state index contributed by atoms with van der Waals surface area (Å²) in [5.74, 6) is 0.941. The fraction of sp³-hybridized carbons (Fsp3) is 0.444. The van der Waals surface area contributed by atoms with Crippen LogP contribution in [0.4, 0.5) is 0 Å². The maximum absolute atomic E-state index is 4.36. The molecule has 2 rings (SSSR count). The summed E-state index contributed by atoms with van der Waals surface area (Å²) < 4.78 is 1.93. The summed E-state index contributed by atoms with van der Waals surface area (Å²) in [7, 11) is 3.91. The number of unbranched alkanes of at least 4 members (excludes halogenated alkanes) is 1. The normalized spacial score (nSPS) is 11.5. The van der Waals surface area contributed by atoms with Crippen LogP contribution >= 0.6 is 0 Å². The number of rotatable bonds is 7. The lowest BCUT2D eigenvalue weighted by Crippen LogP contribution is -2.38. The fourth-order valence-corrected chi connectivity index (χ4v) is 2.49. The highest BCUT2D eigenvalue weighted by Gasteiger charge is 2.05. The molecule has 1 N–H and O–H groups in total. The van der Waals surface area contributed by atoms with Gasteiger partial charge in [-0.1, -0.05) is 37.6 Å². The molecule has 5 nitrogen and oxygen atoms in total. The van der Waals surface area contributed by atoms with Crippen LogP contribution in [0.1, 0.15) is 30.9 Å². The molecule has 1 aromatic carbocycles. The molecule has 5 heteroatoms. The number of aromatic nitrogens is 2. The topological polar surface area (TPSA) is 45.5 Å². The zero-order chi connectivity index (χ0) is 16.5. The molecule has 0 aliphatic heterocycles. The van der Waals surface area contributed by atoms with E-state index in [0.717, 1.165) is 25.6 Å². The predicted molar refractivity (Wildman–Crippen MR) is 95.5 cm³/mol. The van der Waals surface area contributed by atoms with Gasteiger partial charge in [0.2, 0.25) is 0 Å². The van der Waals surface area contributed by atoms with Gasteiger partial charge in [0.1, 0.15) is 0 Å². The van der Waals surface area contributed by atoms with Crippen LogP contribution < -0.4 is 5.32 Å². The molecule has 0 saturated carbocycles. The van der Waals surface area contributed by atoms with Crippen LogP contribution in [0.15, 0.2) is 47.7 Å². The van der Waals surface area contributed by atoms with Gasteiger partial charge in [-0.3, -0.25) is 9.67 Å². The maximum Gasteiger partial charge on any atom is 0.193 e. The Hall–Kier alpha value is -2.30. The van der Waals surface area contributed by atoms with Gasteiger partial charge in [0, 0.05) is 39.6 Å². The van der Waals surface area contributed by atoms with Crippen LogP contribution in [0.5, 0.6) is 0 Å². The van der Waals surface area contributed by atoms with Crippen LogP contribution in [0, 0.1) is 0 Å². The molecule has 0 unspecified atom stereocenters. The van der Waals surface area contributed by atoms with Crippen LogP contribution in [0.25, 0.3) is 0 Å². The predicted octanol–water partition coefficient (Wildman–Crippen LogP) is 2.74. The minimum absolute atomic E-state index is 0.774. The van der Waals surface area contributed by atoms with Crippen molar-refractivity contribution in [2.45, 2.75) is 32.9 Å². The maximum atomic E-state index is 4.36. The van der Waals surface area contributed by atoms with Crippen LogP contribution in [0.3, 0.4) is 0 Å². The minimum Gasteiger partial charge on any atom is -0.352 e. The first-order valence-electron chi connectivity index (χ1n) is 8.20. The Balaban J connectivity index is 1.92. The largest absolute Gasteiger partial charge is 0.352 e. The smallest absolute Gasteiger partial charge is 0.193 e. The summed E-state index contributed by atoms with van der Waals surface area (Å²) in [6.45, 7) is 4.80. The van der Waals surface area contributed by atoms with E-state index in [1.807, 2.05) is 30.2 Å². The third-order valence-electron chi connectivity index (χ3n) is 3.77. The number of hydrogen-bond donors (Lipinski definition) is 1. The van der Waals surface area contributed by atoms with E-state index >= 15 is 0 Å². The number of nitrogens with one attached hydrogen (secondary N) is 1. The van der Waals surface area contributed by atoms with E-state index in [9.17, 15) is 0 Å². The Morgan fingerprint density at radius 2 is 2.13 bits per heavy atom. The standard InChI is InChI=1S/C18H27N5/c1-4-5-11-22(3)18(19-2)20-14-16-8-6-9-17(13-16)15-23-12-7-10-21-23/h6-10,12-13H,4-5,11,14-15H2,1-3H3,(H,19,20). The Labute approximate surface area is 139 Å². The average Bonchev–Trinajstić information content (AvgIpc) is 3.06. The Bertz CT molecular complexity index is 604. The fourth-order valence-electron chi connectivity index (χ4n) is 2.49. The number of nitrogens with zero attached hydrogens (tertiary/aromatic N) is 4. The zero-order valence-corrected chi connectivity index (χ0v) is 14.4. The molecule has 1 heterocycles. The summed E-state index contributed by atoms with van der Waals surface area (Å²) in [5.41, 5.74) is 2.50. The van der Waals surface area contributed by atoms with E-state index < -0.39 is 0 Å². The van der Waals surface area contributed by atoms with Gasteiger partial charge in [0.05, 0.1) is 6.54 Å². The molecule has 0 aliphatic rings. The summed E-state index contributed by atoms with van der Waals surface area (Å²) in [4.78, 5) is 6.53. The lowest BCUT2D eigenvalue weighted by molar-refractivity contribution is 0.464. The molecule has 0 aliphatic carbocycles. The van der Waals surface area contributed by atoms with Crippen molar-refractivity contribution < 1.29 is 0 Å². The van der Waals surface area contributed by atoms with E-state index in [4.69, 9.17) is 0 Å². The van der Waals surface area contributed by atoms with Gasteiger partial charge in [-0.2, -0.15) is 5.10 Å². The summed E-state index contributed by atoms with van der Waals surface area (Å²) >= 11 is 0. The third-order valence-corrected chi connectivity index (χ3v) is 3.77. The van der Waals surface area contributed by atoms with Crippen molar-refractivity contribution in [3.8, 4) is 0 Å². The van der Waals surface area contributed by atoms with Crippen molar-refractivity contribution in [3.05, 3.63) is 53.9 Å². The van der Waals surface area contributed by atoms with Gasteiger partial charge in [0.15, 0.2) is 5.96 Å². The lowest BCUT2D eigenvalue weighted by atomic mass is 10.1. The second kappa shape index (κ2) is 8.98. The van der Waals surface area contributed by atoms with E-state index in [2.05, 4.69) is 58.5 Å². The Morgan fingerprint density at radius 1 is 1.30 bits per heavy atom. The third kappa shape index (κ3) is 5.43. The summed E-state index contributed by atoms with van der Waals surface area (Å²) in [6.07, 6.45) is 6.16. The molecular weight excluding hydrogens is 286 g/mol. The molecule has 0 atom stereocenters. The number of hydrogen-bond acceptors (Lipinski definition) is 2. The second-order valence-corrected chi connectivity index (χ2v) is 5.70. The minimum atomic E-state index is 0.774. The monoisotopic (exact) mass is 313 g/mol. The van der Waals surface area contributed by atoms with Gasteiger partial charge < -0.3 is 10.2 Å². The molecule has 0 radical (unpaired) electrons. The molecular formula is C18H27N5. The highest BCUT2D eigenvalue weighted by molar-refractivity contribution is 5.79. The molecule has 0 saturated heterocycles. The summed E-state index contributed by atoms with van der Waals surface area (Å²) in [6, 6.07) is 10.5. The molecule has 0 amide bonds. The molecule has 1 aromatic heterocycles. The van der Waals surface area contributed by atoms with Crippen LogP contribution in [0.2, 0.25) is 0 Å². The first kappa shape index (κ1) is 17.1. The molecule has 0 spiro atoms. The van der Waals surface area contributed by atoms with Crippen molar-refractivity contribution in [1.82, 2.24) is 20.0 Å². The second-order valence-electron chi connectivity index (χ2n) is 5.70. The molecule has 2 aromatic rings. The van der Waals surface area contributed by atoms with Crippen molar-refractivity contribution in [3.63, 3.8) is 0 Å². The SMILES string of the molecule is CCCCN(C)C(=NC)NCc1cccc(Cn2cccn2)c1. The van der Waals surface area contributed by atoms with Crippen molar-refractivity contribution in [1.29, 1.82) is 0 Å². The highest BCUT2D eigenvalue weighted by Crippen LogP contribution is 2.07. The first-order chi connectivity index (χ1) is 11.2. The first-order valence-corrected chi connectivity index (χ1v) is 8.20. The average molecular weight is 313 g/mol. The van der Waals surface area contributed by atoms with Crippen molar-refractivity contribution >= 4 is 5.96 Å². The van der Waals surface area contributed by atoms with E-state index in [0.29, 0.717) is 0 Å². The van der Waals surface area contributed by atoms with Gasteiger partial charge >= 0.3 is 0 Å². The highest BCUT2D eigenvalue weighted by atomic mass is 15.3. The molecule has 0 fully saturated rings. The number of benzene rings is 1. The number of guanidine groups is 1. The van der Waals surface area contributed by atoms with Gasteiger partial charge in [-0.25, -0.2) is 0 Å². The zero-order valence-electron chi connectivity index (χ0n) is 14.4. The Kier molecular flexibility index (Phi) is 6.66. The van der Waals surface area contributed by atoms with Gasteiger partial charge in [0.25, 0.3) is 0 Å². The molecule has 23 heavy (non-hydrogen) atoms. The van der Waals surface area contributed by atoms with E-state index in [1.54, 1.807) is 0 Å². The van der Waals surface area contributed by atoms with E-state index in [-0.39, 0.29) is 0 Å². The summed E-state index contributed by atoms with van der Waals surface area (Å²) in [5, 5.41) is 7.69. The van der Waals surface area contributed by atoms with Crippen LogP contribution in [-0.2, 0) is 13.1 Å². The lowest BCUT2D eigenvalue weighted by Gasteiger charge is -2.22. The number of aliphatic imine (C=N–C) groups is 1. The molecule has 124 valence electrons. The Morgan fingerprint density at radius 3 is 2.83 bits per heavy atom. The quantitative estimate of drug-likeness (QED) is 0.631. The van der Waals surface area contributed by atoms with Crippen molar-refractivity contribution in [2.24, 2.45) is 4.99 Å².